The third-order valence-electron chi connectivity index (χ3n) is 3.86. The summed E-state index contributed by atoms with van der Waals surface area (Å²) >= 11 is 0. The number of hydrogen-bond acceptors (Lipinski definition) is 3. The first kappa shape index (κ1) is 17.2. The summed E-state index contributed by atoms with van der Waals surface area (Å²) in [5, 5.41) is 8.52. The molecule has 0 aliphatic rings. The fourth-order valence-electron chi connectivity index (χ4n) is 2.43. The lowest BCUT2D eigenvalue weighted by Gasteiger charge is -2.02. The summed E-state index contributed by atoms with van der Waals surface area (Å²) in [7, 11) is 1.65. The Morgan fingerprint density at radius 3 is 1.87 bits per heavy atom. The van der Waals surface area contributed by atoms with Gasteiger partial charge >= 0.3 is 0 Å². The maximum atomic E-state index is 5.13. The average molecular weight is 310 g/mol. The van der Waals surface area contributed by atoms with E-state index in [1.165, 1.54) is 37.7 Å². The highest BCUT2D eigenvalue weighted by atomic mass is 16.5. The van der Waals surface area contributed by atoms with Crippen LogP contribution in [0.1, 0.15) is 44.6 Å². The summed E-state index contributed by atoms with van der Waals surface area (Å²) in [6.45, 7) is 2.25. The number of nitrogens with zero attached hydrogens (tertiary/aromatic N) is 2. The second-order valence-corrected chi connectivity index (χ2v) is 5.73. The van der Waals surface area contributed by atoms with Crippen molar-refractivity contribution in [3.63, 3.8) is 0 Å². The Labute approximate surface area is 139 Å². The third-order valence-corrected chi connectivity index (χ3v) is 3.86. The van der Waals surface area contributed by atoms with E-state index in [0.717, 1.165) is 23.5 Å². The molecule has 23 heavy (non-hydrogen) atoms. The zero-order valence-corrected chi connectivity index (χ0v) is 14.2. The number of unbranched alkanes of at least 4 members (excludes halogenated alkanes) is 4. The molecule has 0 N–H and O–H groups in total. The minimum atomic E-state index is 0.825. The van der Waals surface area contributed by atoms with Crippen LogP contribution in [0.25, 0.3) is 0 Å². The predicted molar refractivity (Wildman–Crippen MR) is 96.1 cm³/mol. The normalized spacial score (nSPS) is 11.0. The van der Waals surface area contributed by atoms with Crippen LogP contribution in [0.2, 0.25) is 0 Å². The summed E-state index contributed by atoms with van der Waals surface area (Å²) in [5.74, 6) is 0.826. The maximum Gasteiger partial charge on any atom is 0.119 e. The van der Waals surface area contributed by atoms with Gasteiger partial charge in [0.2, 0.25) is 0 Å². The van der Waals surface area contributed by atoms with Gasteiger partial charge in [-0.15, -0.1) is 0 Å². The molecule has 0 heterocycles. The van der Waals surface area contributed by atoms with Gasteiger partial charge in [0, 0.05) is 0 Å². The van der Waals surface area contributed by atoms with Crippen LogP contribution in [0.4, 0.5) is 11.4 Å². The van der Waals surface area contributed by atoms with E-state index in [1.54, 1.807) is 7.11 Å². The van der Waals surface area contributed by atoms with Gasteiger partial charge in [0.05, 0.1) is 18.5 Å². The molecule has 0 atom stereocenters. The van der Waals surface area contributed by atoms with Crippen LogP contribution < -0.4 is 4.74 Å². The number of benzene rings is 2. The van der Waals surface area contributed by atoms with E-state index in [1.807, 2.05) is 36.4 Å². The Morgan fingerprint density at radius 2 is 1.30 bits per heavy atom. The standard InChI is InChI=1S/C20H26N2O/c1-3-4-5-6-7-8-17-9-11-18(12-10-17)21-22-19-13-15-20(23-2)16-14-19/h9-16H,3-8H2,1-2H3. The van der Waals surface area contributed by atoms with Crippen molar-refractivity contribution in [3.05, 3.63) is 54.1 Å². The summed E-state index contributed by atoms with van der Waals surface area (Å²) in [6, 6.07) is 15.9. The minimum absolute atomic E-state index is 0.825. The Bertz CT molecular complexity index is 588. The lowest BCUT2D eigenvalue weighted by atomic mass is 10.1. The average Bonchev–Trinajstić information content (AvgIpc) is 2.61. The summed E-state index contributed by atoms with van der Waals surface area (Å²) in [4.78, 5) is 0. The van der Waals surface area contributed by atoms with Crippen molar-refractivity contribution in [2.45, 2.75) is 45.4 Å². The fourth-order valence-corrected chi connectivity index (χ4v) is 2.43. The van der Waals surface area contributed by atoms with Gasteiger partial charge in [-0.25, -0.2) is 0 Å². The zero-order valence-electron chi connectivity index (χ0n) is 14.2. The van der Waals surface area contributed by atoms with Crippen molar-refractivity contribution in [2.75, 3.05) is 7.11 Å². The molecule has 2 aromatic rings. The topological polar surface area (TPSA) is 34.0 Å². The van der Waals surface area contributed by atoms with Crippen LogP contribution in [-0.2, 0) is 6.42 Å². The first-order chi connectivity index (χ1) is 11.3. The van der Waals surface area contributed by atoms with Crippen LogP contribution >= 0.6 is 0 Å². The van der Waals surface area contributed by atoms with Gasteiger partial charge < -0.3 is 4.74 Å². The van der Waals surface area contributed by atoms with Crippen molar-refractivity contribution < 1.29 is 4.74 Å². The predicted octanol–water partition coefficient (Wildman–Crippen LogP) is 6.62. The SMILES string of the molecule is CCCCCCCc1ccc(N=Nc2ccc(OC)cc2)cc1. The van der Waals surface area contributed by atoms with Gasteiger partial charge in [-0.3, -0.25) is 0 Å². The Hall–Kier alpha value is -2.16. The molecule has 0 radical (unpaired) electrons. The van der Waals surface area contributed by atoms with Gasteiger partial charge in [0.25, 0.3) is 0 Å². The molecule has 0 unspecified atom stereocenters. The molecule has 0 spiro atoms. The first-order valence-corrected chi connectivity index (χ1v) is 8.46. The van der Waals surface area contributed by atoms with E-state index >= 15 is 0 Å². The van der Waals surface area contributed by atoms with E-state index in [9.17, 15) is 0 Å². The number of rotatable bonds is 9. The fraction of sp³-hybridized carbons (Fsp3) is 0.400. The molecule has 0 fully saturated rings. The number of hydrogen-bond donors (Lipinski definition) is 0. The van der Waals surface area contributed by atoms with Gasteiger partial charge in [0.15, 0.2) is 0 Å². The lowest BCUT2D eigenvalue weighted by Crippen LogP contribution is -1.85. The van der Waals surface area contributed by atoms with Crippen LogP contribution in [0.5, 0.6) is 5.75 Å². The van der Waals surface area contributed by atoms with E-state index in [2.05, 4.69) is 29.3 Å². The van der Waals surface area contributed by atoms with Crippen molar-refractivity contribution in [1.82, 2.24) is 0 Å². The second kappa shape index (κ2) is 9.78. The van der Waals surface area contributed by atoms with Crippen molar-refractivity contribution in [3.8, 4) is 5.75 Å². The van der Waals surface area contributed by atoms with Crippen LogP contribution in [0, 0.1) is 0 Å². The Balaban J connectivity index is 1.82. The zero-order chi connectivity index (χ0) is 16.3. The Kier molecular flexibility index (Phi) is 7.31. The molecule has 122 valence electrons. The highest BCUT2D eigenvalue weighted by Gasteiger charge is 1.96. The maximum absolute atomic E-state index is 5.13. The monoisotopic (exact) mass is 310 g/mol. The molecule has 0 aromatic heterocycles. The third kappa shape index (κ3) is 6.23. The Morgan fingerprint density at radius 1 is 0.739 bits per heavy atom. The van der Waals surface area contributed by atoms with Crippen LogP contribution in [0.15, 0.2) is 58.8 Å². The molecule has 0 amide bonds. The number of methoxy groups -OCH3 is 1. The largest absolute Gasteiger partial charge is 0.497 e. The molecule has 0 saturated heterocycles. The van der Waals surface area contributed by atoms with Gasteiger partial charge in [-0.2, -0.15) is 10.2 Å². The summed E-state index contributed by atoms with van der Waals surface area (Å²) in [6.07, 6.45) is 7.75. The quantitative estimate of drug-likeness (QED) is 0.378. The first-order valence-electron chi connectivity index (χ1n) is 8.46. The number of ether oxygens (including phenoxy) is 1. The van der Waals surface area contributed by atoms with Crippen molar-refractivity contribution >= 4 is 11.4 Å². The van der Waals surface area contributed by atoms with Crippen molar-refractivity contribution in [1.29, 1.82) is 0 Å². The van der Waals surface area contributed by atoms with E-state index < -0.39 is 0 Å². The van der Waals surface area contributed by atoms with E-state index in [0.29, 0.717) is 0 Å². The van der Waals surface area contributed by atoms with E-state index in [-0.39, 0.29) is 0 Å². The molecule has 0 aliphatic heterocycles. The van der Waals surface area contributed by atoms with Gasteiger partial charge in [0.1, 0.15) is 5.75 Å². The molecule has 3 nitrogen and oxygen atoms in total. The minimum Gasteiger partial charge on any atom is -0.497 e. The molecular formula is C20H26N2O. The highest BCUT2D eigenvalue weighted by molar-refractivity contribution is 5.43. The van der Waals surface area contributed by atoms with E-state index in [4.69, 9.17) is 4.74 Å². The molecule has 0 aliphatic carbocycles. The molecule has 3 heteroatoms. The van der Waals surface area contributed by atoms with Gasteiger partial charge in [-0.05, 0) is 54.8 Å². The molecule has 2 rings (SSSR count). The molecule has 0 saturated carbocycles. The highest BCUT2D eigenvalue weighted by Crippen LogP contribution is 2.21. The summed E-state index contributed by atoms with van der Waals surface area (Å²) in [5.41, 5.74) is 3.09. The smallest absolute Gasteiger partial charge is 0.119 e. The van der Waals surface area contributed by atoms with Crippen LogP contribution in [0.3, 0.4) is 0 Å². The van der Waals surface area contributed by atoms with Crippen molar-refractivity contribution in [2.24, 2.45) is 10.2 Å². The second-order valence-electron chi connectivity index (χ2n) is 5.73. The van der Waals surface area contributed by atoms with Gasteiger partial charge in [-0.1, -0.05) is 44.7 Å². The number of aryl methyl sites for hydroxylation is 1. The molecule has 0 bridgehead atoms. The lowest BCUT2D eigenvalue weighted by molar-refractivity contribution is 0.415. The number of azo groups is 1. The summed E-state index contributed by atoms with van der Waals surface area (Å²) < 4.78 is 5.13. The van der Waals surface area contributed by atoms with Crippen LogP contribution in [-0.4, -0.2) is 7.11 Å². The molecule has 2 aromatic carbocycles. The molecular weight excluding hydrogens is 284 g/mol.